The molecule has 0 aliphatic heterocycles. The molecule has 0 saturated heterocycles. The summed E-state index contributed by atoms with van der Waals surface area (Å²) >= 11 is 4.24. The van der Waals surface area contributed by atoms with Crippen molar-refractivity contribution in [3.05, 3.63) is 0 Å². The predicted molar refractivity (Wildman–Crippen MR) is 111 cm³/mol. The second-order valence-electron chi connectivity index (χ2n) is 6.78. The summed E-state index contributed by atoms with van der Waals surface area (Å²) in [6.07, 6.45) is -1.12. The van der Waals surface area contributed by atoms with Crippen LogP contribution in [0, 0.1) is 5.41 Å². The average Bonchev–Trinajstić information content (AvgIpc) is 2.36. The zero-order chi connectivity index (χ0) is 20.2. The molecule has 0 bridgehead atoms. The molecule has 0 aromatic heterocycles. The summed E-state index contributed by atoms with van der Waals surface area (Å²) in [5, 5.41) is 0. The van der Waals surface area contributed by atoms with E-state index in [1.165, 1.54) is 13.8 Å². The molecule has 6 nitrogen and oxygen atoms in total. The first-order valence-electron chi connectivity index (χ1n) is 7.61. The summed E-state index contributed by atoms with van der Waals surface area (Å²) in [7, 11) is 0. The van der Waals surface area contributed by atoms with Crippen molar-refractivity contribution in [2.24, 2.45) is 5.41 Å². The fourth-order valence-corrected chi connectivity index (χ4v) is 2.38. The zero-order valence-corrected chi connectivity index (χ0v) is 19.3. The van der Waals surface area contributed by atoms with E-state index in [2.05, 4.69) is 37.2 Å². The maximum Gasteiger partial charge on any atom is 0.147 e. The van der Waals surface area contributed by atoms with Crippen LogP contribution in [0.4, 0.5) is 0 Å². The van der Waals surface area contributed by atoms with Gasteiger partial charge in [0.05, 0.1) is 25.7 Å². The lowest BCUT2D eigenvalue weighted by molar-refractivity contribution is -0.131. The maximum absolute atomic E-state index is 11.8. The van der Waals surface area contributed by atoms with Gasteiger partial charge in [-0.2, -0.15) is 0 Å². The van der Waals surface area contributed by atoms with E-state index in [4.69, 9.17) is 0 Å². The standard InChI is InChI=1S/C17H24O6.I2/c1-11(18)5-13(20)7-15(22)9-17(3,4)10-16(23)8-14(21)6-12(2)19;1-2/h5-10H2,1-4H3;. The highest BCUT2D eigenvalue weighted by Gasteiger charge is 2.27. The van der Waals surface area contributed by atoms with Crippen LogP contribution >= 0.6 is 37.2 Å². The van der Waals surface area contributed by atoms with Gasteiger partial charge >= 0.3 is 0 Å². The first kappa shape index (κ1) is 26.7. The second kappa shape index (κ2) is 13.7. The van der Waals surface area contributed by atoms with Crippen molar-refractivity contribution in [3.63, 3.8) is 0 Å². The molecule has 0 heterocycles. The summed E-state index contributed by atoms with van der Waals surface area (Å²) in [5.74, 6) is -2.10. The van der Waals surface area contributed by atoms with Crippen molar-refractivity contribution in [2.75, 3.05) is 0 Å². The predicted octanol–water partition coefficient (Wildman–Crippen LogP) is 3.58. The highest BCUT2D eigenvalue weighted by Crippen LogP contribution is 2.27. The van der Waals surface area contributed by atoms with Crippen LogP contribution in [0.1, 0.15) is 66.2 Å². The maximum atomic E-state index is 11.8. The van der Waals surface area contributed by atoms with Gasteiger partial charge in [-0.25, -0.2) is 0 Å². The Morgan fingerprint density at radius 2 is 0.880 bits per heavy atom. The molecule has 0 amide bonds. The lowest BCUT2D eigenvalue weighted by Crippen LogP contribution is -2.24. The van der Waals surface area contributed by atoms with Gasteiger partial charge in [0.25, 0.3) is 0 Å². The van der Waals surface area contributed by atoms with E-state index in [-0.39, 0.29) is 61.7 Å². The van der Waals surface area contributed by atoms with Crippen molar-refractivity contribution in [2.45, 2.75) is 66.2 Å². The number of Topliss-reactive ketones (excluding diaryl/α,β-unsaturated/α-hetero) is 6. The lowest BCUT2D eigenvalue weighted by atomic mass is 9.80. The van der Waals surface area contributed by atoms with Gasteiger partial charge in [-0.3, -0.25) is 28.8 Å². The van der Waals surface area contributed by atoms with Crippen molar-refractivity contribution < 1.29 is 28.8 Å². The zero-order valence-electron chi connectivity index (χ0n) is 14.9. The van der Waals surface area contributed by atoms with Crippen molar-refractivity contribution >= 4 is 71.9 Å². The third-order valence-corrected chi connectivity index (χ3v) is 3.03. The Morgan fingerprint density at radius 1 is 0.600 bits per heavy atom. The smallest absolute Gasteiger partial charge is 0.147 e. The van der Waals surface area contributed by atoms with Crippen LogP contribution in [0.2, 0.25) is 0 Å². The average molecular weight is 578 g/mol. The van der Waals surface area contributed by atoms with Gasteiger partial charge in [0.2, 0.25) is 0 Å². The Bertz CT molecular complexity index is 491. The van der Waals surface area contributed by atoms with E-state index in [1.54, 1.807) is 13.8 Å². The minimum atomic E-state index is -0.679. The van der Waals surface area contributed by atoms with Crippen LogP contribution in [0.5, 0.6) is 0 Å². The molecule has 25 heavy (non-hydrogen) atoms. The Labute approximate surface area is 171 Å². The second-order valence-corrected chi connectivity index (χ2v) is 6.78. The molecule has 0 N–H and O–H groups in total. The van der Waals surface area contributed by atoms with Crippen molar-refractivity contribution in [3.8, 4) is 0 Å². The van der Waals surface area contributed by atoms with Gasteiger partial charge in [-0.1, -0.05) is 13.8 Å². The fourth-order valence-electron chi connectivity index (χ4n) is 2.38. The van der Waals surface area contributed by atoms with Crippen LogP contribution in [0.15, 0.2) is 0 Å². The third kappa shape index (κ3) is 16.7. The SMILES string of the molecule is CC(=O)CC(=O)CC(=O)CC(C)(C)CC(=O)CC(=O)CC(C)=O.II. The Kier molecular flexibility index (Phi) is 14.6. The van der Waals surface area contributed by atoms with Crippen molar-refractivity contribution in [1.29, 1.82) is 0 Å². The van der Waals surface area contributed by atoms with Gasteiger partial charge in [0.1, 0.15) is 34.7 Å². The van der Waals surface area contributed by atoms with Crippen LogP contribution in [0.3, 0.4) is 0 Å². The summed E-state index contributed by atoms with van der Waals surface area (Å²) in [6, 6.07) is 0. The van der Waals surface area contributed by atoms with E-state index in [1.807, 2.05) is 0 Å². The Hall–Kier alpha value is -0.520. The summed E-state index contributed by atoms with van der Waals surface area (Å²) in [6.45, 7) is 5.97. The topological polar surface area (TPSA) is 102 Å². The molecule has 0 unspecified atom stereocenters. The number of ketones is 6. The number of halogens is 2. The molecule has 0 aliphatic carbocycles. The number of hydrogen-bond donors (Lipinski definition) is 0. The van der Waals surface area contributed by atoms with Crippen LogP contribution in [-0.2, 0) is 28.8 Å². The monoisotopic (exact) mass is 578 g/mol. The van der Waals surface area contributed by atoms with Gasteiger partial charge in [-0.05, 0) is 19.3 Å². The highest BCUT2D eigenvalue weighted by molar-refractivity contribution is 15.0. The first-order valence-corrected chi connectivity index (χ1v) is 13.9. The van der Waals surface area contributed by atoms with Gasteiger partial charge in [0.15, 0.2) is 0 Å². The molecule has 0 atom stereocenters. The number of rotatable bonds is 12. The van der Waals surface area contributed by atoms with Gasteiger partial charge in [-0.15, -0.1) is 0 Å². The molecular weight excluding hydrogens is 554 g/mol. The van der Waals surface area contributed by atoms with Crippen LogP contribution in [-0.4, -0.2) is 34.7 Å². The van der Waals surface area contributed by atoms with Gasteiger partial charge < -0.3 is 0 Å². The third-order valence-electron chi connectivity index (χ3n) is 3.03. The van der Waals surface area contributed by atoms with E-state index in [0.717, 1.165) is 0 Å². The minimum Gasteiger partial charge on any atom is -0.300 e. The number of hydrogen-bond acceptors (Lipinski definition) is 6. The molecule has 0 radical (unpaired) electrons. The number of carbonyl (C=O) groups excluding carboxylic acids is 6. The summed E-state index contributed by atoms with van der Waals surface area (Å²) in [5.41, 5.74) is -0.679. The van der Waals surface area contributed by atoms with E-state index >= 15 is 0 Å². The quantitative estimate of drug-likeness (QED) is 0.259. The normalized spacial score (nSPS) is 10.3. The molecule has 0 fully saturated rings. The van der Waals surface area contributed by atoms with Crippen LogP contribution in [0.25, 0.3) is 0 Å². The summed E-state index contributed by atoms with van der Waals surface area (Å²) in [4.78, 5) is 68.2. The minimum absolute atomic E-state index is 0.0171. The van der Waals surface area contributed by atoms with E-state index in [0.29, 0.717) is 0 Å². The lowest BCUT2D eigenvalue weighted by Gasteiger charge is -2.22. The summed E-state index contributed by atoms with van der Waals surface area (Å²) < 4.78 is 0. The molecule has 142 valence electrons. The molecule has 8 heteroatoms. The van der Waals surface area contributed by atoms with Crippen molar-refractivity contribution in [1.82, 2.24) is 0 Å². The van der Waals surface area contributed by atoms with Crippen LogP contribution < -0.4 is 0 Å². The Balaban J connectivity index is 0. The molecule has 0 rings (SSSR count). The fraction of sp³-hybridized carbons (Fsp3) is 0.647. The Morgan fingerprint density at radius 3 is 1.12 bits per heavy atom. The molecule has 0 spiro atoms. The largest absolute Gasteiger partial charge is 0.300 e. The van der Waals surface area contributed by atoms with Gasteiger partial charge in [0, 0.05) is 50.1 Å². The molecule has 0 aromatic carbocycles. The van der Waals surface area contributed by atoms with E-state index in [9.17, 15) is 28.8 Å². The molecule has 0 aromatic rings. The highest BCUT2D eigenvalue weighted by atomic mass is 128. The van der Waals surface area contributed by atoms with E-state index < -0.39 is 17.0 Å². The first-order chi connectivity index (χ1) is 11.4. The molecule has 0 aliphatic rings. The molecular formula is C17H24I2O6. The molecule has 0 saturated carbocycles. The number of carbonyl (C=O) groups is 6.